The number of hydrogen-bond acceptors (Lipinski definition) is 5. The molecule has 6 rings (SSSR count). The van der Waals surface area contributed by atoms with Crippen LogP contribution in [0.3, 0.4) is 0 Å². The first-order valence-electron chi connectivity index (χ1n) is 11.6. The number of rotatable bonds is 0. The number of nitrogens with one attached hydrogen (secondary N) is 1. The summed E-state index contributed by atoms with van der Waals surface area (Å²) in [5.74, 6) is 1.00. The van der Waals surface area contributed by atoms with Gasteiger partial charge in [0.05, 0.1) is 43.4 Å². The number of nitrogens with zero attached hydrogens (tertiary/aromatic N) is 1. The summed E-state index contributed by atoms with van der Waals surface area (Å²) in [7, 11) is 0. The van der Waals surface area contributed by atoms with E-state index in [0.29, 0.717) is 38.7 Å². The average Bonchev–Trinajstić information content (AvgIpc) is 3.12. The summed E-state index contributed by atoms with van der Waals surface area (Å²) in [6.07, 6.45) is 4.98. The smallest absolute Gasteiger partial charge is 0.246 e. The number of hydrogen-bond donors (Lipinski definition) is 1. The lowest BCUT2D eigenvalue weighted by atomic mass is 9.82. The van der Waals surface area contributed by atoms with E-state index in [1.807, 2.05) is 24.0 Å². The van der Waals surface area contributed by atoms with E-state index in [9.17, 15) is 9.59 Å². The van der Waals surface area contributed by atoms with Crippen molar-refractivity contribution in [3.05, 3.63) is 29.8 Å². The Labute approximate surface area is 183 Å². The van der Waals surface area contributed by atoms with Crippen LogP contribution in [0.5, 0.6) is 5.75 Å². The fourth-order valence-electron chi connectivity index (χ4n) is 5.73. The summed E-state index contributed by atoms with van der Waals surface area (Å²) in [6.45, 7) is 3.77. The van der Waals surface area contributed by atoms with Crippen LogP contribution >= 0.6 is 0 Å². The molecule has 1 N–H and O–H groups in total. The molecule has 4 heterocycles. The second-order valence-electron chi connectivity index (χ2n) is 9.55. The highest BCUT2D eigenvalue weighted by Gasteiger charge is 2.52. The highest BCUT2D eigenvalue weighted by Crippen LogP contribution is 2.40. The Hall–Kier alpha value is -2.12. The first kappa shape index (κ1) is 20.8. The van der Waals surface area contributed by atoms with Crippen LogP contribution in [0.4, 0.5) is 0 Å². The SMILES string of the molecule is C[C@@H]1COc2ccccc2[C@H]2CC[C@H](CC2)OC[C@H]2N(CC[C@]23COCC(=O)N3)C1=O. The Morgan fingerprint density at radius 1 is 1.10 bits per heavy atom. The van der Waals surface area contributed by atoms with Crippen molar-refractivity contribution < 1.29 is 23.8 Å². The van der Waals surface area contributed by atoms with E-state index in [0.717, 1.165) is 31.4 Å². The summed E-state index contributed by atoms with van der Waals surface area (Å²) in [5.41, 5.74) is 0.685. The maximum Gasteiger partial charge on any atom is 0.246 e. The minimum absolute atomic E-state index is 0.0463. The maximum absolute atomic E-state index is 13.4. The summed E-state index contributed by atoms with van der Waals surface area (Å²) in [6, 6.07) is 8.02. The quantitative estimate of drug-likeness (QED) is 0.686. The third-order valence-electron chi connectivity index (χ3n) is 7.51. The molecule has 0 aromatic heterocycles. The molecule has 2 bridgehead atoms. The Balaban J connectivity index is 1.43. The summed E-state index contributed by atoms with van der Waals surface area (Å²) >= 11 is 0. The van der Waals surface area contributed by atoms with Crippen molar-refractivity contribution in [1.29, 1.82) is 0 Å². The van der Waals surface area contributed by atoms with Gasteiger partial charge in [0.1, 0.15) is 12.4 Å². The Morgan fingerprint density at radius 2 is 1.90 bits per heavy atom. The number of fused-ring (bicyclic) bond motifs is 6. The summed E-state index contributed by atoms with van der Waals surface area (Å²) < 4.78 is 18.2. The molecule has 7 heteroatoms. The van der Waals surface area contributed by atoms with E-state index in [-0.39, 0.29) is 36.5 Å². The molecule has 168 valence electrons. The minimum atomic E-state index is -0.563. The molecule has 1 aromatic carbocycles. The van der Waals surface area contributed by atoms with Crippen molar-refractivity contribution in [1.82, 2.24) is 10.2 Å². The van der Waals surface area contributed by atoms with Crippen LogP contribution in [0.1, 0.15) is 50.5 Å². The van der Waals surface area contributed by atoms with Crippen molar-refractivity contribution in [2.24, 2.45) is 5.92 Å². The molecule has 1 aliphatic carbocycles. The van der Waals surface area contributed by atoms with Crippen molar-refractivity contribution in [2.75, 3.05) is 33.0 Å². The number of ether oxygens (including phenoxy) is 3. The third kappa shape index (κ3) is 3.94. The van der Waals surface area contributed by atoms with Gasteiger partial charge in [0, 0.05) is 6.54 Å². The van der Waals surface area contributed by atoms with Gasteiger partial charge in [-0.1, -0.05) is 25.1 Å². The van der Waals surface area contributed by atoms with Gasteiger partial charge in [0.25, 0.3) is 0 Å². The zero-order valence-electron chi connectivity index (χ0n) is 18.2. The highest BCUT2D eigenvalue weighted by atomic mass is 16.5. The molecule has 0 unspecified atom stereocenters. The normalized spacial score (nSPS) is 36.4. The molecule has 1 saturated carbocycles. The lowest BCUT2D eigenvalue weighted by Gasteiger charge is -2.42. The molecule has 3 atom stereocenters. The van der Waals surface area contributed by atoms with E-state index in [4.69, 9.17) is 14.2 Å². The number of amides is 2. The monoisotopic (exact) mass is 428 g/mol. The predicted octanol–water partition coefficient (Wildman–Crippen LogP) is 2.24. The molecular formula is C24H32N2O5. The number of carbonyl (C=O) groups excluding carboxylic acids is 2. The van der Waals surface area contributed by atoms with Gasteiger partial charge in [0.15, 0.2) is 0 Å². The number of benzene rings is 1. The number of carbonyl (C=O) groups is 2. The van der Waals surface area contributed by atoms with Crippen LogP contribution in [0.15, 0.2) is 24.3 Å². The van der Waals surface area contributed by atoms with Crippen LogP contribution < -0.4 is 10.1 Å². The summed E-state index contributed by atoms with van der Waals surface area (Å²) in [5, 5.41) is 3.15. The molecule has 4 aliphatic heterocycles. The molecule has 3 fully saturated rings. The van der Waals surface area contributed by atoms with E-state index in [1.54, 1.807) is 0 Å². The molecule has 1 aromatic rings. The van der Waals surface area contributed by atoms with Crippen molar-refractivity contribution >= 4 is 11.8 Å². The lowest BCUT2D eigenvalue weighted by Crippen LogP contribution is -2.65. The number of para-hydroxylation sites is 1. The highest BCUT2D eigenvalue weighted by molar-refractivity contribution is 5.81. The zero-order valence-corrected chi connectivity index (χ0v) is 18.2. The van der Waals surface area contributed by atoms with E-state index in [2.05, 4.69) is 17.4 Å². The lowest BCUT2D eigenvalue weighted by molar-refractivity contribution is -0.145. The second kappa shape index (κ2) is 8.43. The second-order valence-corrected chi connectivity index (χ2v) is 9.55. The molecule has 1 spiro atoms. The van der Waals surface area contributed by atoms with Gasteiger partial charge in [-0.05, 0) is 49.7 Å². The largest absolute Gasteiger partial charge is 0.492 e. The molecule has 5 aliphatic rings. The maximum atomic E-state index is 13.4. The van der Waals surface area contributed by atoms with E-state index >= 15 is 0 Å². The van der Waals surface area contributed by atoms with Crippen LogP contribution in [0, 0.1) is 5.92 Å². The van der Waals surface area contributed by atoms with Crippen molar-refractivity contribution in [2.45, 2.75) is 62.6 Å². The van der Waals surface area contributed by atoms with E-state index in [1.165, 1.54) is 5.56 Å². The van der Waals surface area contributed by atoms with Gasteiger partial charge in [-0.2, -0.15) is 0 Å². The van der Waals surface area contributed by atoms with Gasteiger partial charge in [-0.3, -0.25) is 9.59 Å². The molecule has 2 amide bonds. The van der Waals surface area contributed by atoms with Gasteiger partial charge >= 0.3 is 0 Å². The Morgan fingerprint density at radius 3 is 2.71 bits per heavy atom. The first-order valence-corrected chi connectivity index (χ1v) is 11.6. The molecule has 0 radical (unpaired) electrons. The third-order valence-corrected chi connectivity index (χ3v) is 7.51. The Bertz CT molecular complexity index is 837. The van der Waals surface area contributed by atoms with Crippen molar-refractivity contribution in [3.8, 4) is 5.75 Å². The van der Waals surface area contributed by atoms with Crippen molar-refractivity contribution in [3.63, 3.8) is 0 Å². The molecular weight excluding hydrogens is 396 g/mol. The first-order chi connectivity index (χ1) is 15.1. The standard InChI is InChI=1S/C24H32N2O5/c1-16-12-31-20-5-3-2-4-19(20)17-6-8-18(9-7-17)30-13-21-24(10-11-26(21)23(16)28)15-29-14-22(27)25-24/h2-5,16-18,21H,6-15H2,1H3,(H,25,27)/t16-,17-,18+,21-,24+/m1/s1. The van der Waals surface area contributed by atoms with Gasteiger partial charge < -0.3 is 24.4 Å². The molecule has 7 nitrogen and oxygen atoms in total. The molecule has 31 heavy (non-hydrogen) atoms. The van der Waals surface area contributed by atoms with Gasteiger partial charge in [0.2, 0.25) is 11.8 Å². The fourth-order valence-corrected chi connectivity index (χ4v) is 5.73. The predicted molar refractivity (Wildman–Crippen MR) is 114 cm³/mol. The average molecular weight is 429 g/mol. The zero-order chi connectivity index (χ0) is 21.4. The summed E-state index contributed by atoms with van der Waals surface area (Å²) in [4.78, 5) is 27.5. The Kier molecular flexibility index (Phi) is 5.65. The minimum Gasteiger partial charge on any atom is -0.492 e. The topological polar surface area (TPSA) is 77.1 Å². The van der Waals surface area contributed by atoms with Gasteiger partial charge in [-0.25, -0.2) is 0 Å². The van der Waals surface area contributed by atoms with E-state index < -0.39 is 5.54 Å². The number of morpholine rings is 1. The van der Waals surface area contributed by atoms with Crippen LogP contribution in [0.2, 0.25) is 0 Å². The van der Waals surface area contributed by atoms with Crippen LogP contribution in [-0.2, 0) is 19.1 Å². The van der Waals surface area contributed by atoms with Crippen LogP contribution in [0.25, 0.3) is 0 Å². The van der Waals surface area contributed by atoms with Gasteiger partial charge in [-0.15, -0.1) is 0 Å². The van der Waals surface area contributed by atoms with Crippen LogP contribution in [-0.4, -0.2) is 67.4 Å². The fraction of sp³-hybridized carbons (Fsp3) is 0.667. The molecule has 2 saturated heterocycles.